The van der Waals surface area contributed by atoms with Gasteiger partial charge in [-0.25, -0.2) is 4.79 Å². The molecule has 1 aromatic carbocycles. The maximum atomic E-state index is 12.6. The highest BCUT2D eigenvalue weighted by Crippen LogP contribution is 2.28. The van der Waals surface area contributed by atoms with E-state index in [9.17, 15) is 14.4 Å². The van der Waals surface area contributed by atoms with E-state index in [1.165, 1.54) is 18.0 Å². The molecule has 1 saturated heterocycles. The lowest BCUT2D eigenvalue weighted by Gasteiger charge is -2.17. The Labute approximate surface area is 172 Å². The molecule has 0 saturated carbocycles. The number of ether oxygens (including phenoxy) is 1. The lowest BCUT2D eigenvalue weighted by Crippen LogP contribution is -2.33. The molecule has 1 atom stereocenters. The van der Waals surface area contributed by atoms with Crippen molar-refractivity contribution in [3.63, 3.8) is 0 Å². The number of anilines is 1. The van der Waals surface area contributed by atoms with Crippen LogP contribution >= 0.6 is 0 Å². The first-order chi connectivity index (χ1) is 13.7. The largest absolute Gasteiger partial charge is 0.442 e. The van der Waals surface area contributed by atoms with Gasteiger partial charge >= 0.3 is 6.09 Å². The number of hydrogen-bond acceptors (Lipinski definition) is 6. The molecule has 8 nitrogen and oxygen atoms in total. The average molecular weight is 402 g/mol. The third-order valence-electron chi connectivity index (χ3n) is 4.15. The van der Waals surface area contributed by atoms with Crippen LogP contribution in [0.2, 0.25) is 0 Å². The second-order valence-corrected chi connectivity index (χ2v) is 6.34. The number of ketones is 1. The zero-order valence-electron chi connectivity index (χ0n) is 18.0. The average Bonchev–Trinajstić information content (AvgIpc) is 3.06. The first-order valence-corrected chi connectivity index (χ1v) is 9.51. The van der Waals surface area contributed by atoms with E-state index in [0.29, 0.717) is 17.8 Å². The molecule has 1 aromatic rings. The molecule has 2 rings (SSSR count). The number of Topliss-reactive ketones (excluding diaryl/α,β-unsaturated/α-hetero) is 1. The highest BCUT2D eigenvalue weighted by atomic mass is 16.6. The molecule has 1 unspecified atom stereocenters. The Morgan fingerprint density at radius 1 is 1.31 bits per heavy atom. The quantitative estimate of drug-likeness (QED) is 0.316. The Hall–Kier alpha value is -3.16. The fourth-order valence-corrected chi connectivity index (χ4v) is 2.91. The van der Waals surface area contributed by atoms with Gasteiger partial charge in [-0.3, -0.25) is 14.5 Å². The van der Waals surface area contributed by atoms with Crippen LogP contribution in [-0.2, 0) is 9.53 Å². The van der Waals surface area contributed by atoms with Crippen LogP contribution in [0.25, 0.3) is 0 Å². The van der Waals surface area contributed by atoms with E-state index in [4.69, 9.17) is 4.74 Å². The number of cyclic esters (lactones) is 1. The van der Waals surface area contributed by atoms with Gasteiger partial charge in [0.05, 0.1) is 19.3 Å². The van der Waals surface area contributed by atoms with Crippen molar-refractivity contribution in [2.24, 2.45) is 5.10 Å². The maximum absolute atomic E-state index is 12.6. The minimum absolute atomic E-state index is 0.180. The van der Waals surface area contributed by atoms with Crippen molar-refractivity contribution in [1.29, 1.82) is 0 Å². The van der Waals surface area contributed by atoms with Crippen molar-refractivity contribution in [3.8, 4) is 0 Å². The number of hydrogen-bond donors (Lipinski definition) is 2. The summed E-state index contributed by atoms with van der Waals surface area (Å²) in [6, 6.07) is 3.54. The highest BCUT2D eigenvalue weighted by Gasteiger charge is 2.33. The Morgan fingerprint density at radius 3 is 2.41 bits per heavy atom. The van der Waals surface area contributed by atoms with Gasteiger partial charge in [-0.2, -0.15) is 5.10 Å². The monoisotopic (exact) mass is 402 g/mol. The van der Waals surface area contributed by atoms with Gasteiger partial charge in [0, 0.05) is 30.8 Å². The van der Waals surface area contributed by atoms with E-state index >= 15 is 0 Å². The second kappa shape index (κ2) is 11.0. The second-order valence-electron chi connectivity index (χ2n) is 6.34. The van der Waals surface area contributed by atoms with Crippen molar-refractivity contribution < 1.29 is 19.1 Å². The third kappa shape index (κ3) is 6.17. The number of nitrogens with zero attached hydrogens (tertiary/aromatic N) is 2. The highest BCUT2D eigenvalue weighted by molar-refractivity contribution is 6.22. The van der Waals surface area contributed by atoms with E-state index in [0.717, 1.165) is 11.1 Å². The molecular weight excluding hydrogens is 372 g/mol. The zero-order chi connectivity index (χ0) is 22.1. The smallest absolute Gasteiger partial charge is 0.414 e. The van der Waals surface area contributed by atoms with E-state index < -0.39 is 12.2 Å². The fourth-order valence-electron chi connectivity index (χ4n) is 2.91. The molecule has 2 N–H and O–H groups in total. The summed E-state index contributed by atoms with van der Waals surface area (Å²) < 4.78 is 5.29. The molecule has 0 aromatic heterocycles. The number of carbonyl (C=O) groups is 3. The molecule has 1 aliphatic heterocycles. The number of nitrogens with one attached hydrogen (secondary N) is 2. The molecular formula is C21H30N4O4. The van der Waals surface area contributed by atoms with Crippen molar-refractivity contribution in [3.05, 3.63) is 41.0 Å². The van der Waals surface area contributed by atoms with Gasteiger partial charge in [0.15, 0.2) is 5.78 Å². The van der Waals surface area contributed by atoms with Crippen LogP contribution in [-0.4, -0.2) is 50.2 Å². The van der Waals surface area contributed by atoms with Gasteiger partial charge < -0.3 is 15.5 Å². The predicted octanol–water partition coefficient (Wildman–Crippen LogP) is 2.74. The van der Waals surface area contributed by atoms with Crippen LogP contribution in [0.15, 0.2) is 29.4 Å². The number of amides is 2. The van der Waals surface area contributed by atoms with Crippen LogP contribution in [0.5, 0.6) is 0 Å². The van der Waals surface area contributed by atoms with Gasteiger partial charge in [-0.05, 0) is 37.1 Å². The van der Waals surface area contributed by atoms with E-state index in [1.54, 1.807) is 19.2 Å². The maximum Gasteiger partial charge on any atom is 0.414 e. The lowest BCUT2D eigenvalue weighted by atomic mass is 9.94. The Bertz CT molecular complexity index is 794. The van der Waals surface area contributed by atoms with Crippen LogP contribution in [0.1, 0.15) is 42.3 Å². The van der Waals surface area contributed by atoms with E-state index in [-0.39, 0.29) is 23.8 Å². The van der Waals surface area contributed by atoms with Gasteiger partial charge in [0.25, 0.3) is 0 Å². The summed E-state index contributed by atoms with van der Waals surface area (Å²) in [7, 11) is 1.63. The van der Waals surface area contributed by atoms with Crippen molar-refractivity contribution in [2.75, 3.05) is 25.0 Å². The predicted molar refractivity (Wildman–Crippen MR) is 115 cm³/mol. The molecule has 29 heavy (non-hydrogen) atoms. The fraction of sp³-hybridized carbons (Fsp3) is 0.429. The summed E-state index contributed by atoms with van der Waals surface area (Å²) in [5.41, 5.74) is 5.48. The number of hydrazone groups is 1. The van der Waals surface area contributed by atoms with Gasteiger partial charge in [0.1, 0.15) is 6.10 Å². The summed E-state index contributed by atoms with van der Waals surface area (Å²) in [6.45, 7) is 13.4. The molecule has 2 amide bonds. The Kier molecular flexibility index (Phi) is 9.05. The SMILES string of the molecule is C=C(/C=N\NC)C(=O)c1c(C)cc(N2CC(CNC(C)=O)OC2=O)cc1C.CC. The summed E-state index contributed by atoms with van der Waals surface area (Å²) in [5.74, 6) is -0.399. The van der Waals surface area contributed by atoms with Crippen LogP contribution in [0.3, 0.4) is 0 Å². The van der Waals surface area contributed by atoms with Crippen LogP contribution in [0.4, 0.5) is 10.5 Å². The van der Waals surface area contributed by atoms with Gasteiger partial charge in [0.2, 0.25) is 5.91 Å². The standard InChI is InChI=1S/C19H24N4O4.C2H6/c1-11-6-15(23-10-16(27-19(23)26)9-21-14(4)24)7-12(2)17(11)18(25)13(3)8-22-20-5;1-2/h6-8,16,20H,3,9-10H2,1-2,4-5H3,(H,21,24);1-2H3/b22-8-;. The molecule has 158 valence electrons. The minimum Gasteiger partial charge on any atom is -0.442 e. The molecule has 0 aliphatic carbocycles. The van der Waals surface area contributed by atoms with Crippen LogP contribution in [0, 0.1) is 13.8 Å². The van der Waals surface area contributed by atoms with E-state index in [1.807, 2.05) is 27.7 Å². The van der Waals surface area contributed by atoms with E-state index in [2.05, 4.69) is 22.4 Å². The normalized spacial score (nSPS) is 15.4. The zero-order valence-corrected chi connectivity index (χ0v) is 18.0. The molecule has 0 bridgehead atoms. The number of carbonyl (C=O) groups excluding carboxylic acids is 3. The molecule has 0 radical (unpaired) electrons. The van der Waals surface area contributed by atoms with Crippen LogP contribution < -0.4 is 15.6 Å². The van der Waals surface area contributed by atoms with Gasteiger partial charge in [-0.1, -0.05) is 20.4 Å². The topological polar surface area (TPSA) is 100 Å². The Balaban J connectivity index is 0.00000204. The summed E-state index contributed by atoms with van der Waals surface area (Å²) >= 11 is 0. The first-order valence-electron chi connectivity index (χ1n) is 9.51. The molecule has 1 heterocycles. The summed E-state index contributed by atoms with van der Waals surface area (Å²) in [5, 5.41) is 6.45. The number of allylic oxidation sites excluding steroid dienone is 1. The molecule has 1 aliphatic rings. The third-order valence-corrected chi connectivity index (χ3v) is 4.15. The molecule has 0 spiro atoms. The summed E-state index contributed by atoms with van der Waals surface area (Å²) in [4.78, 5) is 37.3. The van der Waals surface area contributed by atoms with Crippen molar-refractivity contribution >= 4 is 29.7 Å². The lowest BCUT2D eigenvalue weighted by molar-refractivity contribution is -0.119. The molecule has 1 fully saturated rings. The Morgan fingerprint density at radius 2 is 1.90 bits per heavy atom. The first kappa shape index (κ1) is 23.9. The number of rotatable bonds is 7. The minimum atomic E-state index is -0.478. The van der Waals surface area contributed by atoms with Gasteiger partial charge in [-0.15, -0.1) is 0 Å². The molecule has 8 heteroatoms. The number of aryl methyl sites for hydroxylation is 2. The van der Waals surface area contributed by atoms with Crippen molar-refractivity contribution in [2.45, 2.75) is 40.7 Å². The summed E-state index contributed by atoms with van der Waals surface area (Å²) in [6.07, 6.45) is 0.481. The number of benzene rings is 1. The van der Waals surface area contributed by atoms with Crippen molar-refractivity contribution in [1.82, 2.24) is 10.7 Å².